The number of pyridine rings is 2. The minimum absolute atomic E-state index is 0.209. The number of carboxylic acids is 1. The van der Waals surface area contributed by atoms with E-state index in [-0.39, 0.29) is 22.8 Å². The lowest BCUT2D eigenvalue weighted by Crippen LogP contribution is -2.53. The Bertz CT molecular complexity index is 1130. The van der Waals surface area contributed by atoms with Crippen molar-refractivity contribution in [3.05, 3.63) is 39.9 Å². The highest BCUT2D eigenvalue weighted by Crippen LogP contribution is 2.28. The van der Waals surface area contributed by atoms with Crippen LogP contribution in [0.3, 0.4) is 0 Å². The maximum atomic E-state index is 12.7. The first-order chi connectivity index (χ1) is 12.9. The van der Waals surface area contributed by atoms with Crippen molar-refractivity contribution in [2.24, 2.45) is 11.7 Å². The number of nitrogens with zero attached hydrogens (tertiary/aromatic N) is 5. The molecule has 138 valence electrons. The standard InChI is InChI=1S/C16H14N6O4S/c1-7-2-10(21-3-8(4-21)13(17)24)20-14-11(7)12(23)9(15(25)26)5-22(14)16-18-6-19-27-16/h2,5-6,8H,3-4H2,1H3,(H2,17,24)(H,25,26). The number of aromatic carboxylic acids is 1. The van der Waals surface area contributed by atoms with Gasteiger partial charge in [0.2, 0.25) is 16.5 Å². The largest absolute Gasteiger partial charge is 0.477 e. The Kier molecular flexibility index (Phi) is 3.88. The molecule has 3 aromatic heterocycles. The number of fused-ring (bicyclic) bond motifs is 1. The molecule has 11 heteroatoms. The van der Waals surface area contributed by atoms with Gasteiger partial charge in [-0.2, -0.15) is 4.37 Å². The van der Waals surface area contributed by atoms with Gasteiger partial charge in [-0.3, -0.25) is 14.2 Å². The predicted molar refractivity (Wildman–Crippen MR) is 97.4 cm³/mol. The second-order valence-electron chi connectivity index (χ2n) is 6.27. The van der Waals surface area contributed by atoms with Crippen molar-refractivity contribution in [3.63, 3.8) is 0 Å². The average molecular weight is 386 g/mol. The summed E-state index contributed by atoms with van der Waals surface area (Å²) in [7, 11) is 0. The monoisotopic (exact) mass is 386 g/mol. The first-order valence-corrected chi connectivity index (χ1v) is 8.75. The molecule has 1 amide bonds. The van der Waals surface area contributed by atoms with Crippen LogP contribution in [-0.4, -0.2) is 49.0 Å². The van der Waals surface area contributed by atoms with E-state index in [1.54, 1.807) is 13.0 Å². The molecule has 0 saturated carbocycles. The van der Waals surface area contributed by atoms with Gasteiger partial charge in [0.1, 0.15) is 17.7 Å². The van der Waals surface area contributed by atoms with Crippen LogP contribution in [0.2, 0.25) is 0 Å². The van der Waals surface area contributed by atoms with E-state index in [1.165, 1.54) is 17.1 Å². The van der Waals surface area contributed by atoms with E-state index in [2.05, 4.69) is 14.3 Å². The van der Waals surface area contributed by atoms with E-state index < -0.39 is 11.4 Å². The average Bonchev–Trinajstić information content (AvgIpc) is 3.06. The van der Waals surface area contributed by atoms with Gasteiger partial charge >= 0.3 is 5.97 Å². The van der Waals surface area contributed by atoms with Gasteiger partial charge < -0.3 is 15.7 Å². The van der Waals surface area contributed by atoms with Crippen LogP contribution in [0.25, 0.3) is 16.2 Å². The third-order valence-corrected chi connectivity index (χ3v) is 5.20. The summed E-state index contributed by atoms with van der Waals surface area (Å²) in [5.41, 5.74) is 5.22. The number of hydrogen-bond acceptors (Lipinski definition) is 8. The number of hydrogen-bond donors (Lipinski definition) is 2. The summed E-state index contributed by atoms with van der Waals surface area (Å²) in [6.45, 7) is 2.61. The minimum Gasteiger partial charge on any atom is -0.477 e. The summed E-state index contributed by atoms with van der Waals surface area (Å²) >= 11 is 1.05. The summed E-state index contributed by atoms with van der Waals surface area (Å²) in [6, 6.07) is 1.71. The van der Waals surface area contributed by atoms with Crippen LogP contribution < -0.4 is 16.1 Å². The molecule has 1 aliphatic rings. The van der Waals surface area contributed by atoms with E-state index in [1.807, 2.05) is 4.90 Å². The molecule has 0 atom stereocenters. The Balaban J connectivity index is 1.94. The zero-order chi connectivity index (χ0) is 19.3. The van der Waals surface area contributed by atoms with Gasteiger partial charge in [0.25, 0.3) is 0 Å². The summed E-state index contributed by atoms with van der Waals surface area (Å²) in [4.78, 5) is 46.0. The second-order valence-corrected chi connectivity index (χ2v) is 7.03. The van der Waals surface area contributed by atoms with Crippen molar-refractivity contribution in [1.82, 2.24) is 18.9 Å². The van der Waals surface area contributed by atoms with Gasteiger partial charge in [-0.15, -0.1) is 0 Å². The van der Waals surface area contributed by atoms with E-state index in [9.17, 15) is 19.5 Å². The number of anilines is 1. The van der Waals surface area contributed by atoms with Gasteiger partial charge in [0.05, 0.1) is 11.3 Å². The molecular formula is C16H14N6O4S. The van der Waals surface area contributed by atoms with Crippen molar-refractivity contribution in [2.45, 2.75) is 6.92 Å². The Morgan fingerprint density at radius 2 is 2.11 bits per heavy atom. The fourth-order valence-electron chi connectivity index (χ4n) is 3.06. The second kappa shape index (κ2) is 6.13. The molecule has 0 radical (unpaired) electrons. The lowest BCUT2D eigenvalue weighted by atomic mass is 9.99. The van der Waals surface area contributed by atoms with E-state index in [0.29, 0.717) is 35.2 Å². The predicted octanol–water partition coefficient (Wildman–Crippen LogP) is 0.165. The summed E-state index contributed by atoms with van der Waals surface area (Å²) < 4.78 is 5.39. The summed E-state index contributed by atoms with van der Waals surface area (Å²) in [5, 5.41) is 9.99. The van der Waals surface area contributed by atoms with E-state index in [0.717, 1.165) is 11.5 Å². The fraction of sp³-hybridized carbons (Fsp3) is 0.250. The number of aromatic nitrogens is 4. The number of rotatable bonds is 4. The lowest BCUT2D eigenvalue weighted by Gasteiger charge is -2.38. The first kappa shape index (κ1) is 17.1. The molecule has 0 spiro atoms. The fourth-order valence-corrected chi connectivity index (χ4v) is 3.57. The van der Waals surface area contributed by atoms with Crippen LogP contribution in [0.15, 0.2) is 23.4 Å². The smallest absolute Gasteiger partial charge is 0.341 e. The van der Waals surface area contributed by atoms with Gasteiger partial charge in [-0.1, -0.05) is 0 Å². The Morgan fingerprint density at radius 1 is 1.37 bits per heavy atom. The third kappa shape index (κ3) is 2.72. The third-order valence-electron chi connectivity index (χ3n) is 4.54. The molecule has 0 unspecified atom stereocenters. The molecule has 3 N–H and O–H groups in total. The number of amides is 1. The number of aryl methyl sites for hydroxylation is 1. The first-order valence-electron chi connectivity index (χ1n) is 7.98. The van der Waals surface area contributed by atoms with Crippen molar-refractivity contribution >= 4 is 40.3 Å². The number of carboxylic acid groups (broad SMARTS) is 1. The van der Waals surface area contributed by atoms with Gasteiger partial charge in [0.15, 0.2) is 5.65 Å². The molecule has 3 aromatic rings. The summed E-state index contributed by atoms with van der Waals surface area (Å²) in [5.74, 6) is -1.34. The molecule has 27 heavy (non-hydrogen) atoms. The molecule has 0 aliphatic carbocycles. The molecule has 1 fully saturated rings. The van der Waals surface area contributed by atoms with Crippen LogP contribution >= 0.6 is 11.5 Å². The van der Waals surface area contributed by atoms with Crippen molar-refractivity contribution in [3.8, 4) is 5.13 Å². The SMILES string of the molecule is Cc1cc(N2CC(C(N)=O)C2)nc2c1c(=O)c(C(=O)O)cn2-c1ncns1. The normalized spacial score (nSPS) is 14.3. The molecule has 0 bridgehead atoms. The molecule has 10 nitrogen and oxygen atoms in total. The number of carbonyl (C=O) groups is 2. The van der Waals surface area contributed by atoms with Crippen molar-refractivity contribution < 1.29 is 14.7 Å². The van der Waals surface area contributed by atoms with E-state index in [4.69, 9.17) is 5.73 Å². The quantitative estimate of drug-likeness (QED) is 0.645. The van der Waals surface area contributed by atoms with Crippen LogP contribution in [-0.2, 0) is 4.79 Å². The molecule has 1 saturated heterocycles. The highest BCUT2D eigenvalue weighted by atomic mass is 32.1. The van der Waals surface area contributed by atoms with Gasteiger partial charge in [-0.25, -0.2) is 14.8 Å². The molecule has 0 aromatic carbocycles. The lowest BCUT2D eigenvalue weighted by molar-refractivity contribution is -0.122. The maximum absolute atomic E-state index is 12.7. The minimum atomic E-state index is -1.32. The van der Waals surface area contributed by atoms with Crippen molar-refractivity contribution in [1.29, 1.82) is 0 Å². The molecule has 4 heterocycles. The van der Waals surface area contributed by atoms with Crippen LogP contribution in [0.4, 0.5) is 5.82 Å². The zero-order valence-electron chi connectivity index (χ0n) is 14.1. The number of carbonyl (C=O) groups excluding carboxylic acids is 1. The van der Waals surface area contributed by atoms with Crippen LogP contribution in [0.1, 0.15) is 15.9 Å². The Morgan fingerprint density at radius 3 is 2.70 bits per heavy atom. The van der Waals surface area contributed by atoms with Crippen LogP contribution in [0.5, 0.6) is 0 Å². The van der Waals surface area contributed by atoms with E-state index >= 15 is 0 Å². The van der Waals surface area contributed by atoms with Gasteiger partial charge in [0, 0.05) is 30.8 Å². The number of nitrogens with two attached hydrogens (primary N) is 1. The molecular weight excluding hydrogens is 372 g/mol. The van der Waals surface area contributed by atoms with Crippen LogP contribution in [0, 0.1) is 12.8 Å². The Labute approximate surface area is 156 Å². The van der Waals surface area contributed by atoms with Crippen molar-refractivity contribution in [2.75, 3.05) is 18.0 Å². The maximum Gasteiger partial charge on any atom is 0.341 e. The highest BCUT2D eigenvalue weighted by molar-refractivity contribution is 7.08. The highest BCUT2D eigenvalue weighted by Gasteiger charge is 2.32. The summed E-state index contributed by atoms with van der Waals surface area (Å²) in [6.07, 6.45) is 2.56. The van der Waals surface area contributed by atoms with Gasteiger partial charge in [-0.05, 0) is 18.6 Å². The number of primary amides is 1. The molecule has 1 aliphatic heterocycles. The topological polar surface area (TPSA) is 144 Å². The molecule has 4 rings (SSSR count). The zero-order valence-corrected chi connectivity index (χ0v) is 14.9. The Hall–Kier alpha value is -3.34.